The third-order valence-corrected chi connectivity index (χ3v) is 4.17. The predicted molar refractivity (Wildman–Crippen MR) is 84.9 cm³/mol. The first-order valence-electron chi connectivity index (χ1n) is 7.03. The second kappa shape index (κ2) is 7.56. The predicted octanol–water partition coefficient (Wildman–Crippen LogP) is 0.882. The minimum absolute atomic E-state index is 0.0182. The molecule has 1 aliphatic rings. The van der Waals surface area contributed by atoms with Crippen LogP contribution in [0.25, 0.3) is 0 Å². The molecule has 1 aromatic carbocycles. The van der Waals surface area contributed by atoms with E-state index in [2.05, 4.69) is 26.1 Å². The van der Waals surface area contributed by atoms with Gasteiger partial charge in [-0.1, -0.05) is 28.1 Å². The van der Waals surface area contributed by atoms with Crippen LogP contribution < -0.4 is 5.32 Å². The van der Waals surface area contributed by atoms with Crippen LogP contribution in [0, 0.1) is 0 Å². The Morgan fingerprint density at radius 1 is 1.14 bits per heavy atom. The average Bonchev–Trinajstić information content (AvgIpc) is 2.50. The zero-order chi connectivity index (χ0) is 15.2. The van der Waals surface area contributed by atoms with Crippen molar-refractivity contribution in [1.29, 1.82) is 0 Å². The van der Waals surface area contributed by atoms with Crippen LogP contribution in [0.4, 0.5) is 0 Å². The van der Waals surface area contributed by atoms with Gasteiger partial charge in [0.2, 0.25) is 11.8 Å². The van der Waals surface area contributed by atoms with Crippen LogP contribution in [0.2, 0.25) is 0 Å². The Bertz CT molecular complexity index is 496. The Kier molecular flexibility index (Phi) is 5.76. The highest BCUT2D eigenvalue weighted by molar-refractivity contribution is 9.10. The summed E-state index contributed by atoms with van der Waals surface area (Å²) in [6.07, 6.45) is 0.433. The van der Waals surface area contributed by atoms with E-state index in [9.17, 15) is 9.59 Å². The molecular weight excluding hydrogens is 334 g/mol. The van der Waals surface area contributed by atoms with Crippen molar-refractivity contribution in [2.24, 2.45) is 0 Å². The third-order valence-electron chi connectivity index (χ3n) is 3.64. The summed E-state index contributed by atoms with van der Waals surface area (Å²) < 4.78 is 1.02. The fourth-order valence-corrected chi connectivity index (χ4v) is 2.59. The molecule has 0 bridgehead atoms. The molecule has 0 atom stereocenters. The maximum Gasteiger partial charge on any atom is 0.233 e. The summed E-state index contributed by atoms with van der Waals surface area (Å²) in [4.78, 5) is 27.5. The Hall–Kier alpha value is -1.40. The number of hydrogen-bond donors (Lipinski definition) is 1. The van der Waals surface area contributed by atoms with Crippen LogP contribution in [0.5, 0.6) is 0 Å². The van der Waals surface area contributed by atoms with E-state index in [0.29, 0.717) is 26.1 Å². The van der Waals surface area contributed by atoms with Crippen LogP contribution in [0.1, 0.15) is 5.56 Å². The van der Waals surface area contributed by atoms with E-state index in [1.54, 1.807) is 7.05 Å². The minimum Gasteiger partial charge on any atom is -0.358 e. The number of benzene rings is 1. The highest BCUT2D eigenvalue weighted by atomic mass is 79.9. The van der Waals surface area contributed by atoms with Gasteiger partial charge in [0.15, 0.2) is 0 Å². The normalized spacial score (nSPS) is 15.8. The smallest absolute Gasteiger partial charge is 0.233 e. The van der Waals surface area contributed by atoms with Crippen molar-refractivity contribution in [3.8, 4) is 0 Å². The van der Waals surface area contributed by atoms with E-state index < -0.39 is 0 Å². The number of nitrogens with one attached hydrogen (secondary N) is 1. The molecule has 1 saturated heterocycles. The Morgan fingerprint density at radius 2 is 1.76 bits per heavy atom. The number of hydrogen-bond acceptors (Lipinski definition) is 3. The molecule has 0 radical (unpaired) electrons. The van der Waals surface area contributed by atoms with Gasteiger partial charge in [-0.25, -0.2) is 0 Å². The molecule has 21 heavy (non-hydrogen) atoms. The van der Waals surface area contributed by atoms with Crippen LogP contribution >= 0.6 is 15.9 Å². The quantitative estimate of drug-likeness (QED) is 0.874. The van der Waals surface area contributed by atoms with Crippen molar-refractivity contribution in [1.82, 2.24) is 15.1 Å². The topological polar surface area (TPSA) is 52.7 Å². The summed E-state index contributed by atoms with van der Waals surface area (Å²) >= 11 is 3.39. The average molecular weight is 354 g/mol. The van der Waals surface area contributed by atoms with E-state index in [1.807, 2.05) is 29.2 Å². The van der Waals surface area contributed by atoms with Crippen molar-refractivity contribution in [3.63, 3.8) is 0 Å². The van der Waals surface area contributed by atoms with Gasteiger partial charge in [-0.3, -0.25) is 14.5 Å². The van der Waals surface area contributed by atoms with Gasteiger partial charge in [-0.05, 0) is 17.7 Å². The molecule has 1 aliphatic heterocycles. The molecule has 5 nitrogen and oxygen atoms in total. The number of amides is 2. The van der Waals surface area contributed by atoms with E-state index >= 15 is 0 Å². The van der Waals surface area contributed by atoms with Crippen LogP contribution in [-0.2, 0) is 16.0 Å². The second-order valence-electron chi connectivity index (χ2n) is 5.13. The highest BCUT2D eigenvalue weighted by Gasteiger charge is 2.22. The molecule has 0 aromatic heterocycles. The van der Waals surface area contributed by atoms with Crippen LogP contribution in [-0.4, -0.2) is 61.4 Å². The standard InChI is InChI=1S/C15H20BrN3O2/c1-17-14(20)11-18-6-8-19(9-7-18)15(21)10-12-2-4-13(16)5-3-12/h2-5H,6-11H2,1H3,(H,17,20). The summed E-state index contributed by atoms with van der Waals surface area (Å²) in [5.41, 5.74) is 1.02. The largest absolute Gasteiger partial charge is 0.358 e. The van der Waals surface area contributed by atoms with E-state index in [-0.39, 0.29) is 11.8 Å². The monoisotopic (exact) mass is 353 g/mol. The van der Waals surface area contributed by atoms with Crippen LogP contribution in [0.15, 0.2) is 28.7 Å². The summed E-state index contributed by atoms with van der Waals surface area (Å²) in [5.74, 6) is 0.168. The first-order valence-corrected chi connectivity index (χ1v) is 7.83. The van der Waals surface area contributed by atoms with Crippen molar-refractivity contribution in [3.05, 3.63) is 34.3 Å². The first kappa shape index (κ1) is 16.0. The fourth-order valence-electron chi connectivity index (χ4n) is 2.33. The lowest BCUT2D eigenvalue weighted by molar-refractivity contribution is -0.132. The third kappa shape index (κ3) is 4.82. The Morgan fingerprint density at radius 3 is 2.33 bits per heavy atom. The summed E-state index contributed by atoms with van der Waals surface area (Å²) in [6, 6.07) is 7.82. The molecule has 2 amide bonds. The molecule has 0 unspecified atom stereocenters. The molecule has 6 heteroatoms. The minimum atomic E-state index is 0.0182. The number of piperazine rings is 1. The zero-order valence-electron chi connectivity index (χ0n) is 12.1. The molecule has 1 aromatic rings. The van der Waals surface area contributed by atoms with Gasteiger partial charge in [0.05, 0.1) is 13.0 Å². The summed E-state index contributed by atoms with van der Waals surface area (Å²) in [7, 11) is 1.64. The van der Waals surface area contributed by atoms with E-state index in [4.69, 9.17) is 0 Å². The van der Waals surface area contributed by atoms with Crippen LogP contribution in [0.3, 0.4) is 0 Å². The number of likely N-dealkylation sites (N-methyl/N-ethyl adjacent to an activating group) is 1. The number of carbonyl (C=O) groups excluding carboxylic acids is 2. The SMILES string of the molecule is CNC(=O)CN1CCN(C(=O)Cc2ccc(Br)cc2)CC1. The lowest BCUT2D eigenvalue weighted by atomic mass is 10.1. The highest BCUT2D eigenvalue weighted by Crippen LogP contribution is 2.12. The van der Waals surface area contributed by atoms with Crippen molar-refractivity contribution in [2.45, 2.75) is 6.42 Å². The molecule has 0 saturated carbocycles. The van der Waals surface area contributed by atoms with Crippen molar-refractivity contribution < 1.29 is 9.59 Å². The van der Waals surface area contributed by atoms with Gasteiger partial charge >= 0.3 is 0 Å². The van der Waals surface area contributed by atoms with Gasteiger partial charge in [0.1, 0.15) is 0 Å². The van der Waals surface area contributed by atoms with Crippen molar-refractivity contribution >= 4 is 27.7 Å². The zero-order valence-corrected chi connectivity index (χ0v) is 13.7. The molecule has 0 spiro atoms. The van der Waals surface area contributed by atoms with E-state index in [1.165, 1.54) is 0 Å². The molecule has 114 valence electrons. The van der Waals surface area contributed by atoms with Gasteiger partial charge in [0.25, 0.3) is 0 Å². The molecule has 1 fully saturated rings. The maximum absolute atomic E-state index is 12.3. The van der Waals surface area contributed by atoms with Crippen molar-refractivity contribution in [2.75, 3.05) is 39.8 Å². The molecule has 0 aliphatic carbocycles. The molecule has 2 rings (SSSR count). The summed E-state index contributed by atoms with van der Waals surface area (Å²) in [6.45, 7) is 3.28. The summed E-state index contributed by atoms with van der Waals surface area (Å²) in [5, 5.41) is 2.62. The second-order valence-corrected chi connectivity index (χ2v) is 6.05. The number of nitrogens with zero attached hydrogens (tertiary/aromatic N) is 2. The molecule has 1 N–H and O–H groups in total. The Labute approximate surface area is 133 Å². The first-order chi connectivity index (χ1) is 10.1. The van der Waals surface area contributed by atoms with Gasteiger partial charge in [0, 0.05) is 37.7 Å². The van der Waals surface area contributed by atoms with Gasteiger partial charge in [-0.15, -0.1) is 0 Å². The Balaban J connectivity index is 1.80. The lowest BCUT2D eigenvalue weighted by Gasteiger charge is -2.34. The molecular formula is C15H20BrN3O2. The lowest BCUT2D eigenvalue weighted by Crippen LogP contribution is -2.51. The van der Waals surface area contributed by atoms with E-state index in [0.717, 1.165) is 23.1 Å². The number of halogens is 1. The number of carbonyl (C=O) groups is 2. The molecule has 1 heterocycles. The maximum atomic E-state index is 12.3. The van der Waals surface area contributed by atoms with Gasteiger partial charge < -0.3 is 10.2 Å². The fraction of sp³-hybridized carbons (Fsp3) is 0.467. The number of rotatable bonds is 4. The van der Waals surface area contributed by atoms with Gasteiger partial charge in [-0.2, -0.15) is 0 Å².